The van der Waals surface area contributed by atoms with E-state index in [2.05, 4.69) is 5.10 Å². The van der Waals surface area contributed by atoms with Gasteiger partial charge in [0.1, 0.15) is 5.82 Å². The highest BCUT2D eigenvalue weighted by Gasteiger charge is 2.27. The van der Waals surface area contributed by atoms with Gasteiger partial charge >= 0.3 is 0 Å². The summed E-state index contributed by atoms with van der Waals surface area (Å²) in [5.74, 6) is 0.379. The number of aliphatic hydroxyl groups excluding tert-OH is 2. The first-order valence-electron chi connectivity index (χ1n) is 8.00. The Kier molecular flexibility index (Phi) is 6.30. The maximum atomic E-state index is 12.9. The molecule has 1 heterocycles. The second-order valence-corrected chi connectivity index (χ2v) is 8.60. The number of aryl methyl sites for hydroxylation is 1. The number of hydrogen-bond donors (Lipinski definition) is 3. The molecule has 1 aromatic carbocycles. The third kappa shape index (κ3) is 4.54. The number of rotatable bonds is 7. The summed E-state index contributed by atoms with van der Waals surface area (Å²) >= 11 is 6.27. The molecule has 0 saturated heterocycles. The average Bonchev–Trinajstić information content (AvgIpc) is 2.84. The smallest absolute Gasteiger partial charge is 0.243 e. The Morgan fingerprint density at radius 2 is 1.81 bits per heavy atom. The number of nitrogens with zero attached hydrogens (tertiary/aromatic N) is 3. The fourth-order valence-electron chi connectivity index (χ4n) is 2.54. The quantitative estimate of drug-likeness (QED) is 0.639. The summed E-state index contributed by atoms with van der Waals surface area (Å²) in [5, 5.41) is 23.6. The van der Waals surface area contributed by atoms with Gasteiger partial charge in [-0.1, -0.05) is 11.6 Å². The number of anilines is 1. The van der Waals surface area contributed by atoms with E-state index in [9.17, 15) is 18.6 Å². The van der Waals surface area contributed by atoms with Crippen LogP contribution in [0.3, 0.4) is 0 Å². The van der Waals surface area contributed by atoms with Crippen molar-refractivity contribution in [3.63, 3.8) is 0 Å². The molecular formula is C16H23ClN4O4S. The predicted molar refractivity (Wildman–Crippen MR) is 99.8 cm³/mol. The molecule has 0 aliphatic rings. The highest BCUT2D eigenvalue weighted by molar-refractivity contribution is 7.89. The second kappa shape index (κ2) is 7.93. The molecule has 144 valence electrons. The van der Waals surface area contributed by atoms with Gasteiger partial charge in [-0.05, 0) is 39.0 Å². The lowest BCUT2D eigenvalue weighted by molar-refractivity contribution is 0.125. The van der Waals surface area contributed by atoms with Crippen molar-refractivity contribution in [2.45, 2.75) is 37.9 Å². The molecule has 26 heavy (non-hydrogen) atoms. The summed E-state index contributed by atoms with van der Waals surface area (Å²) in [4.78, 5) is -0.0463. The highest BCUT2D eigenvalue weighted by Crippen LogP contribution is 2.27. The van der Waals surface area contributed by atoms with E-state index in [1.54, 1.807) is 13.0 Å². The van der Waals surface area contributed by atoms with E-state index >= 15 is 0 Å². The number of nitrogens with two attached hydrogens (primary N) is 1. The molecule has 0 radical (unpaired) electrons. The summed E-state index contributed by atoms with van der Waals surface area (Å²) in [6.45, 7) is 4.45. The van der Waals surface area contributed by atoms with E-state index < -0.39 is 22.2 Å². The van der Waals surface area contributed by atoms with Crippen LogP contribution >= 0.6 is 11.6 Å². The third-order valence-corrected chi connectivity index (χ3v) is 5.71. The average molecular weight is 403 g/mol. The van der Waals surface area contributed by atoms with Gasteiger partial charge in [-0.3, -0.25) is 0 Å². The van der Waals surface area contributed by atoms with Crippen LogP contribution in [0, 0.1) is 6.92 Å². The molecule has 2 atom stereocenters. The zero-order valence-electron chi connectivity index (χ0n) is 14.8. The van der Waals surface area contributed by atoms with Crippen LogP contribution in [0.2, 0.25) is 5.02 Å². The molecule has 0 bridgehead atoms. The number of halogens is 1. The van der Waals surface area contributed by atoms with Crippen LogP contribution in [0.4, 0.5) is 5.82 Å². The van der Waals surface area contributed by atoms with Crippen molar-refractivity contribution in [3.8, 4) is 5.69 Å². The lowest BCUT2D eigenvalue weighted by Crippen LogP contribution is -2.40. The highest BCUT2D eigenvalue weighted by atomic mass is 35.5. The monoisotopic (exact) mass is 402 g/mol. The van der Waals surface area contributed by atoms with Gasteiger partial charge in [-0.15, -0.1) is 0 Å². The van der Waals surface area contributed by atoms with Crippen LogP contribution in [-0.2, 0) is 10.0 Å². The van der Waals surface area contributed by atoms with Gasteiger partial charge in [0.2, 0.25) is 10.0 Å². The van der Waals surface area contributed by atoms with Gasteiger partial charge in [-0.25, -0.2) is 13.1 Å². The van der Waals surface area contributed by atoms with E-state index in [-0.39, 0.29) is 23.0 Å². The first-order chi connectivity index (χ1) is 12.0. The number of aromatic nitrogens is 2. The molecule has 0 aliphatic carbocycles. The molecule has 0 aliphatic heterocycles. The van der Waals surface area contributed by atoms with Crippen LogP contribution in [0.5, 0.6) is 0 Å². The Balaban J connectivity index is 2.43. The summed E-state index contributed by atoms with van der Waals surface area (Å²) in [5.41, 5.74) is 7.04. The van der Waals surface area contributed by atoms with Crippen LogP contribution in [-0.4, -0.2) is 58.0 Å². The van der Waals surface area contributed by atoms with Crippen LogP contribution in [0.25, 0.3) is 5.69 Å². The Hall–Kier alpha value is -1.65. The van der Waals surface area contributed by atoms with Gasteiger partial charge in [0, 0.05) is 19.2 Å². The molecule has 0 spiro atoms. The molecule has 0 fully saturated rings. The molecule has 1 aromatic heterocycles. The molecule has 10 heteroatoms. The minimum Gasteiger partial charge on any atom is -0.392 e. The van der Waals surface area contributed by atoms with E-state index in [1.807, 2.05) is 0 Å². The van der Waals surface area contributed by atoms with Gasteiger partial charge in [-0.2, -0.15) is 9.40 Å². The van der Waals surface area contributed by atoms with Gasteiger partial charge in [0.25, 0.3) is 0 Å². The topological polar surface area (TPSA) is 122 Å². The molecule has 2 rings (SSSR count). The van der Waals surface area contributed by atoms with Crippen LogP contribution < -0.4 is 5.73 Å². The first-order valence-corrected chi connectivity index (χ1v) is 9.82. The van der Waals surface area contributed by atoms with Crippen molar-refractivity contribution in [1.82, 2.24) is 14.1 Å². The molecule has 4 N–H and O–H groups in total. The van der Waals surface area contributed by atoms with Gasteiger partial charge in [0.05, 0.1) is 33.5 Å². The van der Waals surface area contributed by atoms with E-state index in [0.29, 0.717) is 17.2 Å². The third-order valence-electron chi connectivity index (χ3n) is 3.58. The Labute approximate surface area is 157 Å². The SMILES string of the molecule is Cc1cc(N)n(-c2ccc(S(=O)(=O)N(CC(C)O)CC(C)O)cc2Cl)n1. The van der Waals surface area contributed by atoms with Crippen molar-refractivity contribution in [2.75, 3.05) is 18.8 Å². The largest absolute Gasteiger partial charge is 0.392 e. The maximum Gasteiger partial charge on any atom is 0.243 e. The van der Waals surface area contributed by atoms with Crippen molar-refractivity contribution in [2.24, 2.45) is 0 Å². The van der Waals surface area contributed by atoms with E-state index in [4.69, 9.17) is 17.3 Å². The maximum absolute atomic E-state index is 12.9. The second-order valence-electron chi connectivity index (χ2n) is 6.26. The van der Waals surface area contributed by atoms with Crippen molar-refractivity contribution in [3.05, 3.63) is 35.0 Å². The standard InChI is InChI=1S/C16H23ClN4O4S/c1-10-6-16(18)21(19-10)15-5-4-13(7-14(15)17)26(24,25)20(8-11(2)22)9-12(3)23/h4-7,11-12,22-23H,8-9,18H2,1-3H3. The van der Waals surface area contributed by atoms with E-state index in [0.717, 1.165) is 4.31 Å². The molecule has 0 amide bonds. The molecule has 8 nitrogen and oxygen atoms in total. The summed E-state index contributed by atoms with van der Waals surface area (Å²) in [7, 11) is -3.95. The Bertz CT molecular complexity index is 870. The number of aliphatic hydroxyl groups is 2. The number of hydrogen-bond acceptors (Lipinski definition) is 6. The minimum atomic E-state index is -3.95. The zero-order valence-corrected chi connectivity index (χ0v) is 16.4. The Morgan fingerprint density at radius 3 is 2.23 bits per heavy atom. The van der Waals surface area contributed by atoms with Gasteiger partial charge < -0.3 is 15.9 Å². The number of nitrogen functional groups attached to an aromatic ring is 1. The molecule has 0 saturated carbocycles. The first kappa shape index (κ1) is 20.7. The Morgan fingerprint density at radius 1 is 1.23 bits per heavy atom. The number of sulfonamides is 1. The summed E-state index contributed by atoms with van der Waals surface area (Å²) in [6, 6.07) is 5.89. The molecular weight excluding hydrogens is 380 g/mol. The van der Waals surface area contributed by atoms with E-state index in [1.165, 1.54) is 36.7 Å². The molecule has 2 unspecified atom stereocenters. The van der Waals surface area contributed by atoms with Crippen LogP contribution in [0.1, 0.15) is 19.5 Å². The van der Waals surface area contributed by atoms with Crippen molar-refractivity contribution >= 4 is 27.4 Å². The van der Waals surface area contributed by atoms with Crippen molar-refractivity contribution < 1.29 is 18.6 Å². The van der Waals surface area contributed by atoms with Gasteiger partial charge in [0.15, 0.2) is 0 Å². The summed E-state index contributed by atoms with van der Waals surface area (Å²) in [6.07, 6.45) is -1.77. The fourth-order valence-corrected chi connectivity index (χ4v) is 4.50. The predicted octanol–water partition coefficient (Wildman–Crippen LogP) is 1.17. The summed E-state index contributed by atoms with van der Waals surface area (Å²) < 4.78 is 28.2. The molecule has 2 aromatic rings. The van der Waals surface area contributed by atoms with Crippen LogP contribution in [0.15, 0.2) is 29.2 Å². The van der Waals surface area contributed by atoms with Crippen molar-refractivity contribution in [1.29, 1.82) is 0 Å². The zero-order chi connectivity index (χ0) is 19.6. The number of benzene rings is 1. The fraction of sp³-hybridized carbons (Fsp3) is 0.438. The lowest BCUT2D eigenvalue weighted by atomic mass is 10.3. The normalized spacial score (nSPS) is 14.6. The minimum absolute atomic E-state index is 0.0463. The lowest BCUT2D eigenvalue weighted by Gasteiger charge is -2.25.